The molecule has 0 N–H and O–H groups in total. The van der Waals surface area contributed by atoms with Crippen LogP contribution in [-0.4, -0.2) is 18.5 Å². The van der Waals surface area contributed by atoms with E-state index in [0.717, 1.165) is 0 Å². The van der Waals surface area contributed by atoms with Gasteiger partial charge in [-0.05, 0) is 17.7 Å². The molecule has 2 aliphatic carbocycles. The number of nitrogens with zero attached hydrogens (tertiary/aromatic N) is 1. The van der Waals surface area contributed by atoms with E-state index in [-0.39, 0.29) is 11.6 Å². The van der Waals surface area contributed by atoms with Crippen molar-refractivity contribution in [3.63, 3.8) is 0 Å². The molecule has 1 aromatic carbocycles. The number of fused-ring (bicyclic) bond motifs is 1. The third-order valence-electron chi connectivity index (χ3n) is 3.58. The Bertz CT molecular complexity index is 611. The minimum atomic E-state index is -2.23. The monoisotopic (exact) mass is 308 g/mol. The highest BCUT2D eigenvalue weighted by molar-refractivity contribution is 7.82. The zero-order valence-corrected chi connectivity index (χ0v) is 11.9. The molecular weight excluding hydrogens is 295 g/mol. The van der Waals surface area contributed by atoms with Gasteiger partial charge in [-0.2, -0.15) is 0 Å². The van der Waals surface area contributed by atoms with E-state index in [1.54, 1.807) is 42.5 Å². The molecule has 0 aliphatic heterocycles. The summed E-state index contributed by atoms with van der Waals surface area (Å²) < 4.78 is 43.6. The fourth-order valence-electron chi connectivity index (χ4n) is 2.53. The van der Waals surface area contributed by atoms with Crippen LogP contribution in [0.15, 0.2) is 65.9 Å². The van der Waals surface area contributed by atoms with Crippen molar-refractivity contribution in [2.24, 2.45) is 0 Å². The maximum atomic E-state index is 14.4. The molecule has 0 amide bonds. The number of benzene rings is 1. The van der Waals surface area contributed by atoms with Gasteiger partial charge in [0, 0.05) is 0 Å². The van der Waals surface area contributed by atoms with Crippen molar-refractivity contribution in [1.82, 2.24) is 0 Å². The first kappa shape index (κ1) is 14.3. The molecule has 3 atom stereocenters. The van der Waals surface area contributed by atoms with Crippen molar-refractivity contribution in [2.75, 3.05) is 4.31 Å². The van der Waals surface area contributed by atoms with E-state index >= 15 is 0 Å². The SMILES string of the molecule is FC1[C]2C=CC=CC2=C(N(S)c2ccccc2)C(F)C1F. The van der Waals surface area contributed by atoms with Gasteiger partial charge in [0.25, 0.3) is 0 Å². The Morgan fingerprint density at radius 2 is 1.57 bits per heavy atom. The molecular formula is C16H13F3NS. The lowest BCUT2D eigenvalue weighted by Crippen LogP contribution is -2.43. The average molecular weight is 308 g/mol. The number of para-hydroxylation sites is 1. The van der Waals surface area contributed by atoms with Crippen molar-refractivity contribution < 1.29 is 13.2 Å². The first-order valence-corrected chi connectivity index (χ1v) is 6.93. The van der Waals surface area contributed by atoms with Crippen molar-refractivity contribution in [2.45, 2.75) is 18.5 Å². The van der Waals surface area contributed by atoms with E-state index < -0.39 is 18.5 Å². The average Bonchev–Trinajstić information content (AvgIpc) is 2.53. The van der Waals surface area contributed by atoms with Gasteiger partial charge < -0.3 is 0 Å². The summed E-state index contributed by atoms with van der Waals surface area (Å²) in [5.41, 5.74) is 0.976. The molecule has 0 heterocycles. The van der Waals surface area contributed by atoms with Gasteiger partial charge in [-0.25, -0.2) is 13.2 Å². The normalized spacial score (nSPS) is 28.7. The number of thiol groups is 1. The van der Waals surface area contributed by atoms with E-state index in [1.807, 2.05) is 6.07 Å². The number of anilines is 1. The summed E-state index contributed by atoms with van der Waals surface area (Å²) in [6.07, 6.45) is 0.0918. The molecule has 109 valence electrons. The summed E-state index contributed by atoms with van der Waals surface area (Å²) >= 11 is 4.28. The smallest absolute Gasteiger partial charge is 0.175 e. The lowest BCUT2D eigenvalue weighted by Gasteiger charge is -2.37. The Hall–Kier alpha value is -1.62. The number of hydrogen-bond donors (Lipinski definition) is 1. The van der Waals surface area contributed by atoms with Crippen LogP contribution in [-0.2, 0) is 0 Å². The Balaban J connectivity index is 2.09. The molecule has 3 unspecified atom stereocenters. The molecule has 1 radical (unpaired) electrons. The Labute approximate surface area is 127 Å². The van der Waals surface area contributed by atoms with Gasteiger partial charge in [0.2, 0.25) is 0 Å². The van der Waals surface area contributed by atoms with Gasteiger partial charge in [0.1, 0.15) is 6.17 Å². The Morgan fingerprint density at radius 3 is 2.29 bits per heavy atom. The molecule has 5 heteroatoms. The van der Waals surface area contributed by atoms with Crippen LogP contribution in [0.4, 0.5) is 18.9 Å². The predicted octanol–water partition coefficient (Wildman–Crippen LogP) is 4.32. The summed E-state index contributed by atoms with van der Waals surface area (Å²) in [4.78, 5) is 0. The van der Waals surface area contributed by atoms with Gasteiger partial charge in [-0.3, -0.25) is 4.31 Å². The third-order valence-corrected chi connectivity index (χ3v) is 4.03. The second-order valence-electron chi connectivity index (χ2n) is 4.87. The maximum absolute atomic E-state index is 14.4. The highest BCUT2D eigenvalue weighted by Crippen LogP contribution is 2.43. The zero-order valence-electron chi connectivity index (χ0n) is 11.0. The van der Waals surface area contributed by atoms with E-state index in [4.69, 9.17) is 0 Å². The van der Waals surface area contributed by atoms with Gasteiger partial charge in [-0.15, -0.1) is 0 Å². The summed E-state index contributed by atoms with van der Waals surface area (Å²) in [5, 5.41) is 0. The largest absolute Gasteiger partial charge is 0.288 e. The van der Waals surface area contributed by atoms with E-state index in [0.29, 0.717) is 11.3 Å². The Kier molecular flexibility index (Phi) is 3.85. The van der Waals surface area contributed by atoms with Crippen LogP contribution >= 0.6 is 12.8 Å². The number of allylic oxidation sites excluding steroid dienone is 6. The van der Waals surface area contributed by atoms with Gasteiger partial charge in [0.15, 0.2) is 12.3 Å². The minimum Gasteiger partial charge on any atom is -0.288 e. The van der Waals surface area contributed by atoms with E-state index in [2.05, 4.69) is 12.8 Å². The van der Waals surface area contributed by atoms with Crippen LogP contribution in [0.5, 0.6) is 0 Å². The van der Waals surface area contributed by atoms with Gasteiger partial charge in [0.05, 0.1) is 17.3 Å². The number of rotatable bonds is 2. The first-order chi connectivity index (χ1) is 10.1. The zero-order chi connectivity index (χ0) is 15.0. The molecule has 0 saturated heterocycles. The lowest BCUT2D eigenvalue weighted by atomic mass is 9.79. The predicted molar refractivity (Wildman–Crippen MR) is 81.1 cm³/mol. The second-order valence-corrected chi connectivity index (χ2v) is 5.27. The fourth-order valence-corrected chi connectivity index (χ4v) is 2.88. The van der Waals surface area contributed by atoms with Crippen LogP contribution in [0.2, 0.25) is 0 Å². The summed E-state index contributed by atoms with van der Waals surface area (Å²) in [5.74, 6) is 0.156. The molecule has 0 bridgehead atoms. The Morgan fingerprint density at radius 1 is 0.905 bits per heavy atom. The van der Waals surface area contributed by atoms with Crippen LogP contribution < -0.4 is 4.31 Å². The van der Waals surface area contributed by atoms with Crippen molar-refractivity contribution in [1.29, 1.82) is 0 Å². The highest BCUT2D eigenvalue weighted by atomic mass is 32.1. The van der Waals surface area contributed by atoms with Crippen molar-refractivity contribution >= 4 is 18.5 Å². The van der Waals surface area contributed by atoms with Crippen molar-refractivity contribution in [3.05, 3.63) is 71.8 Å². The van der Waals surface area contributed by atoms with E-state index in [9.17, 15) is 13.2 Å². The van der Waals surface area contributed by atoms with Crippen molar-refractivity contribution in [3.8, 4) is 0 Å². The summed E-state index contributed by atoms with van der Waals surface area (Å²) in [7, 11) is 0. The second kappa shape index (κ2) is 5.64. The fraction of sp³-hybridized carbons (Fsp3) is 0.188. The quantitative estimate of drug-likeness (QED) is 0.796. The number of hydrogen-bond acceptors (Lipinski definition) is 2. The lowest BCUT2D eigenvalue weighted by molar-refractivity contribution is 0.103. The molecule has 0 fully saturated rings. The van der Waals surface area contributed by atoms with Crippen LogP contribution in [0.3, 0.4) is 0 Å². The molecule has 3 rings (SSSR count). The topological polar surface area (TPSA) is 3.24 Å². The third kappa shape index (κ3) is 2.39. The summed E-state index contributed by atoms with van der Waals surface area (Å²) in [6, 6.07) is 8.80. The minimum absolute atomic E-state index is 0.0292. The van der Waals surface area contributed by atoms with Crippen LogP contribution in [0.1, 0.15) is 0 Å². The molecule has 0 saturated carbocycles. The molecule has 1 nitrogen and oxygen atoms in total. The maximum Gasteiger partial charge on any atom is 0.175 e. The first-order valence-electron chi connectivity index (χ1n) is 6.53. The highest BCUT2D eigenvalue weighted by Gasteiger charge is 2.46. The standard InChI is InChI=1S/C16H13F3NS/c17-13-11-8-4-5-9-12(11)16(15(19)14(13)18)20(21)10-6-2-1-3-7-10/h1-9,13-15,21H. The van der Waals surface area contributed by atoms with Gasteiger partial charge >= 0.3 is 0 Å². The van der Waals surface area contributed by atoms with Crippen LogP contribution in [0.25, 0.3) is 0 Å². The molecule has 21 heavy (non-hydrogen) atoms. The number of alkyl halides is 3. The molecule has 0 aromatic heterocycles. The number of halogens is 3. The van der Waals surface area contributed by atoms with E-state index in [1.165, 1.54) is 10.4 Å². The molecule has 1 aromatic rings. The van der Waals surface area contributed by atoms with Crippen LogP contribution in [0, 0.1) is 5.92 Å². The summed E-state index contributed by atoms with van der Waals surface area (Å²) in [6.45, 7) is 0. The molecule has 0 spiro atoms. The molecule has 2 aliphatic rings. The van der Waals surface area contributed by atoms with Gasteiger partial charge in [-0.1, -0.05) is 55.3 Å².